The molecule has 0 spiro atoms. The number of hydrogen-bond donors (Lipinski definition) is 3. The molecule has 2 aliphatic rings. The lowest BCUT2D eigenvalue weighted by Crippen LogP contribution is -2.56. The highest BCUT2D eigenvalue weighted by atomic mass is 32.1. The van der Waals surface area contributed by atoms with Crippen molar-refractivity contribution in [3.05, 3.63) is 119 Å². The zero-order valence-corrected chi connectivity index (χ0v) is 29.6. The van der Waals surface area contributed by atoms with Crippen molar-refractivity contribution in [3.8, 4) is 0 Å². The Morgan fingerprint density at radius 3 is 2.44 bits per heavy atom. The third kappa shape index (κ3) is 7.24. The van der Waals surface area contributed by atoms with Gasteiger partial charge in [-0.2, -0.15) is 8.78 Å². The Morgan fingerprint density at radius 1 is 0.923 bits per heavy atom. The van der Waals surface area contributed by atoms with E-state index in [0.29, 0.717) is 43.8 Å². The van der Waals surface area contributed by atoms with Crippen molar-refractivity contribution < 1.29 is 42.3 Å². The number of morpholine rings is 1. The van der Waals surface area contributed by atoms with Crippen LogP contribution in [0.5, 0.6) is 0 Å². The summed E-state index contributed by atoms with van der Waals surface area (Å²) in [6, 6.07) is 25.9. The third-order valence-electron chi connectivity index (χ3n) is 9.68. The van der Waals surface area contributed by atoms with Gasteiger partial charge < -0.3 is 29.6 Å². The molecule has 10 nitrogen and oxygen atoms in total. The Balaban J connectivity index is 1.14. The van der Waals surface area contributed by atoms with Gasteiger partial charge in [0.1, 0.15) is 18.2 Å². The summed E-state index contributed by atoms with van der Waals surface area (Å²) in [5.74, 6) is -1.20. The minimum Gasteiger partial charge on any atom is -0.370 e. The molecule has 2 fully saturated rings. The van der Waals surface area contributed by atoms with Crippen LogP contribution in [-0.2, 0) is 31.0 Å². The number of thiophene rings is 1. The van der Waals surface area contributed by atoms with Gasteiger partial charge in [0.2, 0.25) is 11.8 Å². The number of ether oxygens (including phenoxy) is 1. The summed E-state index contributed by atoms with van der Waals surface area (Å²) < 4.78 is 46.8. The number of carbonyl (C=O) groups is 3. The molecule has 3 amide bonds. The second-order valence-corrected chi connectivity index (χ2v) is 15.8. The van der Waals surface area contributed by atoms with Gasteiger partial charge in [-0.05, 0) is 58.3 Å². The number of amides is 3. The molecule has 5 aromatic rings. The van der Waals surface area contributed by atoms with E-state index in [1.54, 1.807) is 9.80 Å². The number of halogens is 2. The predicted molar refractivity (Wildman–Crippen MR) is 193 cm³/mol. The summed E-state index contributed by atoms with van der Waals surface area (Å²) in [6.45, 7) is 1.45. The van der Waals surface area contributed by atoms with Gasteiger partial charge in [-0.3, -0.25) is 18.9 Å². The van der Waals surface area contributed by atoms with Gasteiger partial charge in [0.15, 0.2) is 0 Å². The fourth-order valence-electron chi connectivity index (χ4n) is 6.96. The second-order valence-electron chi connectivity index (χ2n) is 13.1. The molecule has 0 bridgehead atoms. The maximum Gasteiger partial charge on any atom is 0.399 e. The van der Waals surface area contributed by atoms with E-state index < -0.39 is 42.7 Å². The number of carbonyl (C=O) groups excluding carboxylic acids is 3. The molecule has 0 saturated carbocycles. The normalized spacial score (nSPS) is 18.8. The predicted octanol–water partition coefficient (Wildman–Crippen LogP) is 6.21. The van der Waals surface area contributed by atoms with Crippen LogP contribution in [0.3, 0.4) is 0 Å². The summed E-state index contributed by atoms with van der Waals surface area (Å²) in [5, 5.41) is 5.03. The number of hydrogen-bond acceptors (Lipinski definition) is 6. The Bertz CT molecular complexity index is 2190. The van der Waals surface area contributed by atoms with Crippen LogP contribution >= 0.6 is 18.9 Å². The molecule has 3 heterocycles. The Hall–Kier alpha value is -4.52. The van der Waals surface area contributed by atoms with Crippen LogP contribution in [0.25, 0.3) is 20.9 Å². The molecule has 52 heavy (non-hydrogen) atoms. The molecule has 7 rings (SSSR count). The Kier molecular flexibility index (Phi) is 9.99. The van der Waals surface area contributed by atoms with E-state index in [-0.39, 0.29) is 28.7 Å². The lowest BCUT2D eigenvalue weighted by atomic mass is 10.00. The summed E-state index contributed by atoms with van der Waals surface area (Å²) in [5.41, 5.74) is -3.52. The summed E-state index contributed by atoms with van der Waals surface area (Å²) in [4.78, 5) is 64.1. The van der Waals surface area contributed by atoms with Crippen LogP contribution < -0.4 is 5.32 Å². The molecule has 270 valence electrons. The molecular weight excluding hydrogens is 711 g/mol. The molecule has 0 radical (unpaired) electrons. The first-order valence-electron chi connectivity index (χ1n) is 16.9. The van der Waals surface area contributed by atoms with Gasteiger partial charge in [-0.15, -0.1) is 11.3 Å². The third-order valence-corrected chi connectivity index (χ3v) is 11.8. The lowest BCUT2D eigenvalue weighted by Gasteiger charge is -2.37. The monoisotopic (exact) mass is 747 g/mol. The fraction of sp³-hybridized carbons (Fsp3) is 0.289. The Labute approximate surface area is 302 Å². The average molecular weight is 748 g/mol. The average Bonchev–Trinajstić information content (AvgIpc) is 3.82. The first-order valence-corrected chi connectivity index (χ1v) is 19.3. The largest absolute Gasteiger partial charge is 0.399 e. The van der Waals surface area contributed by atoms with Crippen molar-refractivity contribution in [1.29, 1.82) is 0 Å². The highest BCUT2D eigenvalue weighted by Gasteiger charge is 2.50. The van der Waals surface area contributed by atoms with Gasteiger partial charge in [0.25, 0.3) is 5.91 Å². The zero-order chi connectivity index (χ0) is 36.6. The summed E-state index contributed by atoms with van der Waals surface area (Å²) >= 11 is 1.00. The quantitative estimate of drug-likeness (QED) is 0.153. The van der Waals surface area contributed by atoms with E-state index in [4.69, 9.17) is 4.74 Å². The lowest BCUT2D eigenvalue weighted by molar-refractivity contribution is -0.149. The zero-order valence-electron chi connectivity index (χ0n) is 27.9. The number of nitrogens with zero attached hydrogens (tertiary/aromatic N) is 2. The van der Waals surface area contributed by atoms with Gasteiger partial charge >= 0.3 is 13.3 Å². The minimum atomic E-state index is -5.79. The highest BCUT2D eigenvalue weighted by molar-refractivity contribution is 7.52. The highest BCUT2D eigenvalue weighted by Crippen LogP contribution is 2.59. The van der Waals surface area contributed by atoms with E-state index in [9.17, 15) is 37.5 Å². The molecule has 2 aliphatic heterocycles. The van der Waals surface area contributed by atoms with E-state index in [1.165, 1.54) is 12.1 Å². The van der Waals surface area contributed by atoms with Crippen LogP contribution in [0, 0.1) is 0 Å². The van der Waals surface area contributed by atoms with Gasteiger partial charge in [-0.25, -0.2) is 0 Å². The fourth-order valence-corrected chi connectivity index (χ4v) is 8.38. The molecule has 1 aromatic heterocycles. The number of fused-ring (bicyclic) bond motifs is 2. The standard InChI is InChI=1S/C38H36F2N3O7PS/c39-38(40,51(47,48)49)29-14-15-33-28(21-29)22-34(52-33)35(44)41-30(20-24-12-13-25-7-4-5-10-27(25)19-24)36(45)43-16-6-11-31(43)37(46)42-17-18-50-32(23-42)26-8-2-1-3-9-26/h1-5,7-10,12-15,19,21-22,30-32H,6,11,16-18,20,23H2,(H,41,44)(H2,47,48,49)/t30-,31-,32-/m0/s1. The smallest absolute Gasteiger partial charge is 0.370 e. The molecule has 14 heteroatoms. The van der Waals surface area contributed by atoms with E-state index in [2.05, 4.69) is 5.32 Å². The van der Waals surface area contributed by atoms with Crippen molar-refractivity contribution in [1.82, 2.24) is 15.1 Å². The topological polar surface area (TPSA) is 136 Å². The molecule has 3 atom stereocenters. The van der Waals surface area contributed by atoms with Crippen molar-refractivity contribution in [3.63, 3.8) is 0 Å². The van der Waals surface area contributed by atoms with Crippen LogP contribution in [0.4, 0.5) is 8.78 Å². The number of alkyl halides is 2. The number of likely N-dealkylation sites (tertiary alicyclic amines) is 1. The first kappa shape index (κ1) is 35.9. The van der Waals surface area contributed by atoms with Crippen molar-refractivity contribution in [2.24, 2.45) is 0 Å². The minimum absolute atomic E-state index is 0.122. The number of benzene rings is 4. The van der Waals surface area contributed by atoms with E-state index >= 15 is 0 Å². The van der Waals surface area contributed by atoms with Gasteiger partial charge in [0.05, 0.1) is 18.0 Å². The summed E-state index contributed by atoms with van der Waals surface area (Å²) in [6.07, 6.45) is 0.935. The molecule has 4 aromatic carbocycles. The first-order chi connectivity index (χ1) is 24.9. The van der Waals surface area contributed by atoms with Crippen LogP contribution in [-0.4, -0.2) is 75.6 Å². The van der Waals surface area contributed by atoms with Crippen molar-refractivity contribution in [2.75, 3.05) is 26.2 Å². The maximum absolute atomic E-state index is 14.5. The van der Waals surface area contributed by atoms with E-state index in [0.717, 1.165) is 45.4 Å². The number of nitrogens with one attached hydrogen (secondary N) is 1. The molecule has 0 aliphatic carbocycles. The summed E-state index contributed by atoms with van der Waals surface area (Å²) in [7, 11) is -5.79. The molecule has 3 N–H and O–H groups in total. The SMILES string of the molecule is O=C(N[C@@H](Cc1ccc2ccccc2c1)C(=O)N1CCC[C@H]1C(=O)N1CCO[C@H](c2ccccc2)C1)c1cc2cc(C(F)(F)P(=O)(O)O)ccc2s1. The second kappa shape index (κ2) is 14.5. The van der Waals surface area contributed by atoms with Crippen LogP contribution in [0.1, 0.15) is 45.3 Å². The van der Waals surface area contributed by atoms with Gasteiger partial charge in [0, 0.05) is 29.8 Å². The maximum atomic E-state index is 14.5. The molecule has 2 saturated heterocycles. The van der Waals surface area contributed by atoms with Gasteiger partial charge in [-0.1, -0.05) is 78.9 Å². The van der Waals surface area contributed by atoms with E-state index in [1.807, 2.05) is 72.8 Å². The molecular formula is C38H36F2N3O7PS. The molecule has 0 unspecified atom stereocenters. The Morgan fingerprint density at radius 2 is 1.67 bits per heavy atom. The van der Waals surface area contributed by atoms with Crippen LogP contribution in [0.15, 0.2) is 97.1 Å². The van der Waals surface area contributed by atoms with Crippen molar-refractivity contribution in [2.45, 2.75) is 43.1 Å². The number of rotatable bonds is 9. The van der Waals surface area contributed by atoms with Crippen LogP contribution in [0.2, 0.25) is 0 Å². The van der Waals surface area contributed by atoms with Crippen molar-refractivity contribution >= 4 is 57.5 Å².